The van der Waals surface area contributed by atoms with E-state index in [2.05, 4.69) is 31.5 Å². The van der Waals surface area contributed by atoms with E-state index in [0.717, 1.165) is 41.8 Å². The van der Waals surface area contributed by atoms with E-state index in [9.17, 15) is 4.79 Å². The molecule has 0 bridgehead atoms. The minimum absolute atomic E-state index is 0.0766. The zero-order valence-electron chi connectivity index (χ0n) is 9.79. The number of aryl methyl sites for hydroxylation is 1. The van der Waals surface area contributed by atoms with Crippen molar-refractivity contribution in [3.05, 3.63) is 22.4 Å². The highest BCUT2D eigenvalue weighted by atomic mass is 79.9. The van der Waals surface area contributed by atoms with Crippen LogP contribution in [0.3, 0.4) is 0 Å². The predicted octanol–water partition coefficient (Wildman–Crippen LogP) is 2.09. The largest absolute Gasteiger partial charge is 0.324 e. The molecule has 2 rings (SSSR count). The Morgan fingerprint density at radius 2 is 2.47 bits per heavy atom. The Kier molecular flexibility index (Phi) is 4.12. The SMILES string of the molecule is Cc1cc(NC(=O)[C@H]2CCCNC2)cnc1Br. The molecule has 0 spiro atoms. The number of carbonyl (C=O) groups is 1. The number of pyridine rings is 1. The van der Waals surface area contributed by atoms with Gasteiger partial charge in [-0.25, -0.2) is 4.98 Å². The third kappa shape index (κ3) is 3.26. The Hall–Kier alpha value is -0.940. The van der Waals surface area contributed by atoms with Gasteiger partial charge < -0.3 is 10.6 Å². The molecule has 2 heterocycles. The van der Waals surface area contributed by atoms with E-state index in [1.165, 1.54) is 0 Å². The van der Waals surface area contributed by atoms with Crippen molar-refractivity contribution in [2.24, 2.45) is 5.92 Å². The fourth-order valence-electron chi connectivity index (χ4n) is 1.95. The number of piperidine rings is 1. The lowest BCUT2D eigenvalue weighted by atomic mass is 9.99. The maximum Gasteiger partial charge on any atom is 0.228 e. The Bertz CT molecular complexity index is 416. The van der Waals surface area contributed by atoms with Gasteiger partial charge in [0.15, 0.2) is 0 Å². The predicted molar refractivity (Wildman–Crippen MR) is 70.9 cm³/mol. The molecule has 4 nitrogen and oxygen atoms in total. The molecule has 1 aliphatic rings. The standard InChI is InChI=1S/C12H16BrN3O/c1-8-5-10(7-15-11(8)13)16-12(17)9-3-2-4-14-6-9/h5,7,9,14H,2-4,6H2,1H3,(H,16,17)/t9-/m0/s1. The number of nitrogens with one attached hydrogen (secondary N) is 2. The summed E-state index contributed by atoms with van der Waals surface area (Å²) in [6.45, 7) is 3.74. The highest BCUT2D eigenvalue weighted by Gasteiger charge is 2.20. The van der Waals surface area contributed by atoms with Gasteiger partial charge in [0.25, 0.3) is 0 Å². The van der Waals surface area contributed by atoms with E-state index in [4.69, 9.17) is 0 Å². The van der Waals surface area contributed by atoms with Crippen LogP contribution in [0.1, 0.15) is 18.4 Å². The molecule has 0 unspecified atom stereocenters. The third-order valence-corrected chi connectivity index (χ3v) is 3.78. The van der Waals surface area contributed by atoms with Crippen LogP contribution in [0.4, 0.5) is 5.69 Å². The van der Waals surface area contributed by atoms with Crippen LogP contribution < -0.4 is 10.6 Å². The van der Waals surface area contributed by atoms with Gasteiger partial charge in [0.1, 0.15) is 4.60 Å². The molecule has 17 heavy (non-hydrogen) atoms. The molecule has 2 N–H and O–H groups in total. The van der Waals surface area contributed by atoms with Gasteiger partial charge in [0, 0.05) is 6.54 Å². The van der Waals surface area contributed by atoms with Crippen LogP contribution in [0.25, 0.3) is 0 Å². The molecule has 92 valence electrons. The Morgan fingerprint density at radius 3 is 3.12 bits per heavy atom. The van der Waals surface area contributed by atoms with Crippen molar-refractivity contribution < 1.29 is 4.79 Å². The molecule has 0 aliphatic carbocycles. The van der Waals surface area contributed by atoms with Crippen molar-refractivity contribution in [3.63, 3.8) is 0 Å². The van der Waals surface area contributed by atoms with Gasteiger partial charge in [-0.2, -0.15) is 0 Å². The Morgan fingerprint density at radius 1 is 1.65 bits per heavy atom. The quantitative estimate of drug-likeness (QED) is 0.822. The zero-order chi connectivity index (χ0) is 12.3. The summed E-state index contributed by atoms with van der Waals surface area (Å²) < 4.78 is 0.815. The van der Waals surface area contributed by atoms with E-state index < -0.39 is 0 Å². The second-order valence-electron chi connectivity index (χ2n) is 4.36. The summed E-state index contributed by atoms with van der Waals surface area (Å²) in [7, 11) is 0. The fraction of sp³-hybridized carbons (Fsp3) is 0.500. The number of anilines is 1. The minimum Gasteiger partial charge on any atom is -0.324 e. The number of amides is 1. The molecule has 5 heteroatoms. The van der Waals surface area contributed by atoms with Gasteiger partial charge in [0.05, 0.1) is 17.8 Å². The van der Waals surface area contributed by atoms with Gasteiger partial charge in [-0.3, -0.25) is 4.79 Å². The highest BCUT2D eigenvalue weighted by molar-refractivity contribution is 9.10. The fourth-order valence-corrected chi connectivity index (χ4v) is 2.16. The van der Waals surface area contributed by atoms with Crippen molar-refractivity contribution in [2.75, 3.05) is 18.4 Å². The summed E-state index contributed by atoms with van der Waals surface area (Å²) in [6.07, 6.45) is 3.70. The number of rotatable bonds is 2. The summed E-state index contributed by atoms with van der Waals surface area (Å²) >= 11 is 3.34. The Balaban J connectivity index is 1.99. The molecular weight excluding hydrogens is 282 g/mol. The molecule has 0 aromatic carbocycles. The van der Waals surface area contributed by atoms with Gasteiger partial charge in [0.2, 0.25) is 5.91 Å². The summed E-state index contributed by atoms with van der Waals surface area (Å²) in [5.74, 6) is 0.161. The van der Waals surface area contributed by atoms with Gasteiger partial charge in [-0.1, -0.05) is 0 Å². The second kappa shape index (κ2) is 5.60. The second-order valence-corrected chi connectivity index (χ2v) is 5.12. The molecule has 1 aromatic heterocycles. The maximum absolute atomic E-state index is 12.0. The van der Waals surface area contributed by atoms with Crippen LogP contribution >= 0.6 is 15.9 Å². The van der Waals surface area contributed by atoms with Crippen molar-refractivity contribution in [3.8, 4) is 0 Å². The van der Waals surface area contributed by atoms with Crippen molar-refractivity contribution in [1.82, 2.24) is 10.3 Å². The molecular formula is C12H16BrN3O. The monoisotopic (exact) mass is 297 g/mol. The van der Waals surface area contributed by atoms with Crippen LogP contribution in [-0.2, 0) is 4.79 Å². The number of aromatic nitrogens is 1. The third-order valence-electron chi connectivity index (χ3n) is 2.95. The van der Waals surface area contributed by atoms with Crippen LogP contribution in [0, 0.1) is 12.8 Å². The summed E-state index contributed by atoms with van der Waals surface area (Å²) in [5, 5.41) is 6.16. The minimum atomic E-state index is 0.0766. The molecule has 1 fully saturated rings. The molecule has 1 saturated heterocycles. The first-order valence-electron chi connectivity index (χ1n) is 5.80. The Labute approximate surface area is 109 Å². The first-order valence-corrected chi connectivity index (χ1v) is 6.60. The molecule has 1 atom stereocenters. The number of hydrogen-bond donors (Lipinski definition) is 2. The molecule has 1 amide bonds. The number of hydrogen-bond acceptors (Lipinski definition) is 3. The number of nitrogens with zero attached hydrogens (tertiary/aromatic N) is 1. The van der Waals surface area contributed by atoms with E-state index in [0.29, 0.717) is 0 Å². The van der Waals surface area contributed by atoms with E-state index >= 15 is 0 Å². The van der Waals surface area contributed by atoms with E-state index in [1.807, 2.05) is 13.0 Å². The maximum atomic E-state index is 12.0. The van der Waals surface area contributed by atoms with Crippen LogP contribution in [0.5, 0.6) is 0 Å². The van der Waals surface area contributed by atoms with Crippen molar-refractivity contribution in [2.45, 2.75) is 19.8 Å². The lowest BCUT2D eigenvalue weighted by molar-refractivity contribution is -0.120. The zero-order valence-corrected chi connectivity index (χ0v) is 11.4. The summed E-state index contributed by atoms with van der Waals surface area (Å²) in [6, 6.07) is 1.92. The van der Waals surface area contributed by atoms with Crippen molar-refractivity contribution >= 4 is 27.5 Å². The molecule has 1 aliphatic heterocycles. The van der Waals surface area contributed by atoms with Gasteiger partial charge in [-0.05, 0) is 53.9 Å². The van der Waals surface area contributed by atoms with Crippen LogP contribution in [0.15, 0.2) is 16.9 Å². The lowest BCUT2D eigenvalue weighted by Crippen LogP contribution is -2.37. The van der Waals surface area contributed by atoms with Crippen LogP contribution in [-0.4, -0.2) is 24.0 Å². The highest BCUT2D eigenvalue weighted by Crippen LogP contribution is 2.18. The van der Waals surface area contributed by atoms with E-state index in [-0.39, 0.29) is 11.8 Å². The summed E-state index contributed by atoms with van der Waals surface area (Å²) in [4.78, 5) is 16.1. The normalized spacial score (nSPS) is 20.0. The average molecular weight is 298 g/mol. The van der Waals surface area contributed by atoms with Gasteiger partial charge in [-0.15, -0.1) is 0 Å². The van der Waals surface area contributed by atoms with Crippen molar-refractivity contribution in [1.29, 1.82) is 0 Å². The first-order chi connectivity index (χ1) is 8.16. The van der Waals surface area contributed by atoms with E-state index in [1.54, 1.807) is 6.20 Å². The smallest absolute Gasteiger partial charge is 0.228 e. The number of halogens is 1. The van der Waals surface area contributed by atoms with Crippen LogP contribution in [0.2, 0.25) is 0 Å². The molecule has 0 radical (unpaired) electrons. The summed E-state index contributed by atoms with van der Waals surface area (Å²) in [5.41, 5.74) is 1.78. The first kappa shape index (κ1) is 12.5. The number of carbonyl (C=O) groups excluding carboxylic acids is 1. The average Bonchev–Trinajstić information content (AvgIpc) is 2.35. The molecule has 0 saturated carbocycles. The lowest BCUT2D eigenvalue weighted by Gasteiger charge is -2.21. The topological polar surface area (TPSA) is 54.0 Å². The van der Waals surface area contributed by atoms with Gasteiger partial charge >= 0.3 is 0 Å². The molecule has 1 aromatic rings.